The maximum atomic E-state index is 5.27. The Morgan fingerprint density at radius 2 is 1.78 bits per heavy atom. The Hall–Kier alpha value is -3.35. The molecule has 0 radical (unpaired) electrons. The first-order valence-corrected chi connectivity index (χ1v) is 7.03. The highest BCUT2D eigenvalue weighted by molar-refractivity contribution is 5.56. The van der Waals surface area contributed by atoms with E-state index in [-0.39, 0.29) is 0 Å². The first-order valence-electron chi connectivity index (χ1n) is 7.03. The van der Waals surface area contributed by atoms with E-state index < -0.39 is 0 Å². The Morgan fingerprint density at radius 3 is 2.57 bits per heavy atom. The van der Waals surface area contributed by atoms with Gasteiger partial charge in [0.2, 0.25) is 5.82 Å². The van der Waals surface area contributed by atoms with Crippen molar-refractivity contribution in [1.29, 1.82) is 0 Å². The molecule has 0 aliphatic heterocycles. The fraction of sp³-hybridized carbons (Fsp3) is 0.0625. The van der Waals surface area contributed by atoms with Crippen LogP contribution in [0.3, 0.4) is 0 Å². The lowest BCUT2D eigenvalue weighted by atomic mass is 10.2. The molecule has 4 rings (SSSR count). The summed E-state index contributed by atoms with van der Waals surface area (Å²) in [6, 6.07) is 11.6. The zero-order chi connectivity index (χ0) is 15.6. The van der Waals surface area contributed by atoms with E-state index in [4.69, 9.17) is 4.52 Å². The van der Waals surface area contributed by atoms with Crippen LogP contribution in [0.4, 0.5) is 0 Å². The number of aromatic nitrogens is 6. The van der Waals surface area contributed by atoms with Gasteiger partial charge in [0, 0.05) is 18.0 Å². The quantitative estimate of drug-likeness (QED) is 0.578. The molecule has 3 heterocycles. The Bertz CT molecular complexity index is 927. The molecule has 0 fully saturated rings. The SMILES string of the molecule is Cc1ccc(-n2cc(-c3noc(-c4ccncc4)n3)nn2)cc1. The Morgan fingerprint density at radius 1 is 1.00 bits per heavy atom. The predicted octanol–water partition coefficient (Wildman–Crippen LogP) is 2.69. The highest BCUT2D eigenvalue weighted by Crippen LogP contribution is 2.20. The van der Waals surface area contributed by atoms with Crippen molar-refractivity contribution < 1.29 is 4.52 Å². The average molecular weight is 304 g/mol. The van der Waals surface area contributed by atoms with E-state index in [0.29, 0.717) is 17.4 Å². The summed E-state index contributed by atoms with van der Waals surface area (Å²) in [6.45, 7) is 2.04. The molecule has 112 valence electrons. The molecule has 3 aromatic heterocycles. The zero-order valence-electron chi connectivity index (χ0n) is 12.3. The van der Waals surface area contributed by atoms with Gasteiger partial charge < -0.3 is 4.52 Å². The second kappa shape index (κ2) is 5.45. The maximum Gasteiger partial charge on any atom is 0.258 e. The number of hydrogen-bond donors (Lipinski definition) is 0. The van der Waals surface area contributed by atoms with Gasteiger partial charge in [-0.1, -0.05) is 28.1 Å². The molecular weight excluding hydrogens is 292 g/mol. The zero-order valence-corrected chi connectivity index (χ0v) is 12.3. The molecule has 7 heteroatoms. The van der Waals surface area contributed by atoms with Crippen LogP contribution in [0, 0.1) is 6.92 Å². The summed E-state index contributed by atoms with van der Waals surface area (Å²) < 4.78 is 6.95. The Labute approximate surface area is 131 Å². The molecule has 0 N–H and O–H groups in total. The summed E-state index contributed by atoms with van der Waals surface area (Å²) in [5.41, 5.74) is 3.47. The number of nitrogens with zero attached hydrogens (tertiary/aromatic N) is 6. The summed E-state index contributed by atoms with van der Waals surface area (Å²) in [6.07, 6.45) is 5.12. The van der Waals surface area contributed by atoms with Crippen molar-refractivity contribution in [2.45, 2.75) is 6.92 Å². The molecule has 23 heavy (non-hydrogen) atoms. The second-order valence-electron chi connectivity index (χ2n) is 5.04. The van der Waals surface area contributed by atoms with Crippen molar-refractivity contribution >= 4 is 0 Å². The summed E-state index contributed by atoms with van der Waals surface area (Å²) in [7, 11) is 0. The van der Waals surface area contributed by atoms with Crippen LogP contribution in [0.5, 0.6) is 0 Å². The first kappa shape index (κ1) is 13.3. The standard InChI is InChI=1S/C16H12N6O/c1-11-2-4-13(5-3-11)22-10-14(19-21-22)15-18-16(23-20-15)12-6-8-17-9-7-12/h2-10H,1H3. The van der Waals surface area contributed by atoms with Crippen molar-refractivity contribution in [3.8, 4) is 28.7 Å². The van der Waals surface area contributed by atoms with E-state index in [1.54, 1.807) is 35.4 Å². The third-order valence-electron chi connectivity index (χ3n) is 3.37. The number of pyridine rings is 1. The Balaban J connectivity index is 1.65. The van der Waals surface area contributed by atoms with Crippen LogP contribution in [0.1, 0.15) is 5.56 Å². The van der Waals surface area contributed by atoms with Crippen molar-refractivity contribution in [2.24, 2.45) is 0 Å². The summed E-state index contributed by atoms with van der Waals surface area (Å²) in [4.78, 5) is 8.31. The molecule has 0 saturated heterocycles. The van der Waals surface area contributed by atoms with E-state index in [1.807, 2.05) is 31.2 Å². The monoisotopic (exact) mass is 304 g/mol. The third kappa shape index (κ3) is 2.59. The molecule has 1 aromatic carbocycles. The highest BCUT2D eigenvalue weighted by Gasteiger charge is 2.14. The number of benzene rings is 1. The van der Waals surface area contributed by atoms with Gasteiger partial charge in [0.1, 0.15) is 0 Å². The molecule has 0 spiro atoms. The van der Waals surface area contributed by atoms with Crippen LogP contribution < -0.4 is 0 Å². The number of rotatable bonds is 3. The molecular formula is C16H12N6O. The van der Waals surface area contributed by atoms with E-state index in [9.17, 15) is 0 Å². The molecule has 7 nitrogen and oxygen atoms in total. The normalized spacial score (nSPS) is 10.8. The molecule has 0 bridgehead atoms. The fourth-order valence-corrected chi connectivity index (χ4v) is 2.13. The van der Waals surface area contributed by atoms with Crippen molar-refractivity contribution in [3.05, 3.63) is 60.6 Å². The first-order chi connectivity index (χ1) is 11.3. The van der Waals surface area contributed by atoms with Gasteiger partial charge in [0.15, 0.2) is 5.69 Å². The smallest absolute Gasteiger partial charge is 0.258 e. The summed E-state index contributed by atoms with van der Waals surface area (Å²) in [5.74, 6) is 0.822. The van der Waals surface area contributed by atoms with Gasteiger partial charge in [-0.25, -0.2) is 4.68 Å². The van der Waals surface area contributed by atoms with Gasteiger partial charge >= 0.3 is 0 Å². The van der Waals surface area contributed by atoms with E-state index in [0.717, 1.165) is 11.3 Å². The Kier molecular flexibility index (Phi) is 3.16. The van der Waals surface area contributed by atoms with Crippen LogP contribution in [0.2, 0.25) is 0 Å². The van der Waals surface area contributed by atoms with Gasteiger partial charge in [0.05, 0.1) is 11.9 Å². The second-order valence-corrected chi connectivity index (χ2v) is 5.04. The lowest BCUT2D eigenvalue weighted by molar-refractivity contribution is 0.432. The molecule has 4 aromatic rings. The number of hydrogen-bond acceptors (Lipinski definition) is 6. The third-order valence-corrected chi connectivity index (χ3v) is 3.37. The molecule has 0 aliphatic carbocycles. The minimum Gasteiger partial charge on any atom is -0.334 e. The van der Waals surface area contributed by atoms with E-state index in [2.05, 4.69) is 25.4 Å². The van der Waals surface area contributed by atoms with E-state index >= 15 is 0 Å². The predicted molar refractivity (Wildman–Crippen MR) is 82.6 cm³/mol. The van der Waals surface area contributed by atoms with Gasteiger partial charge in [0.25, 0.3) is 5.89 Å². The minimum absolute atomic E-state index is 0.398. The molecule has 0 unspecified atom stereocenters. The maximum absolute atomic E-state index is 5.27. The lowest BCUT2D eigenvalue weighted by Gasteiger charge is -1.99. The van der Waals surface area contributed by atoms with Crippen LogP contribution >= 0.6 is 0 Å². The topological polar surface area (TPSA) is 82.5 Å². The van der Waals surface area contributed by atoms with Crippen molar-refractivity contribution in [1.82, 2.24) is 30.1 Å². The van der Waals surface area contributed by atoms with E-state index in [1.165, 1.54) is 5.56 Å². The van der Waals surface area contributed by atoms with Crippen LogP contribution in [0.15, 0.2) is 59.5 Å². The van der Waals surface area contributed by atoms with Gasteiger partial charge in [-0.2, -0.15) is 4.98 Å². The lowest BCUT2D eigenvalue weighted by Crippen LogP contribution is -1.94. The van der Waals surface area contributed by atoms with Crippen LogP contribution in [-0.4, -0.2) is 30.1 Å². The van der Waals surface area contributed by atoms with Crippen LogP contribution in [-0.2, 0) is 0 Å². The van der Waals surface area contributed by atoms with Gasteiger partial charge in [-0.15, -0.1) is 5.10 Å². The van der Waals surface area contributed by atoms with Crippen LogP contribution in [0.25, 0.3) is 28.7 Å². The fourth-order valence-electron chi connectivity index (χ4n) is 2.13. The van der Waals surface area contributed by atoms with Gasteiger partial charge in [-0.3, -0.25) is 4.98 Å². The molecule has 0 atom stereocenters. The summed E-state index contributed by atoms with van der Waals surface area (Å²) in [5, 5.41) is 12.2. The number of aryl methyl sites for hydroxylation is 1. The van der Waals surface area contributed by atoms with Gasteiger partial charge in [-0.05, 0) is 31.2 Å². The largest absolute Gasteiger partial charge is 0.334 e. The minimum atomic E-state index is 0.398. The molecule has 0 amide bonds. The molecule has 0 saturated carbocycles. The molecule has 0 aliphatic rings. The van der Waals surface area contributed by atoms with Crippen molar-refractivity contribution in [2.75, 3.05) is 0 Å². The highest BCUT2D eigenvalue weighted by atomic mass is 16.5. The summed E-state index contributed by atoms with van der Waals surface area (Å²) >= 11 is 0. The average Bonchev–Trinajstić information content (AvgIpc) is 3.26. The van der Waals surface area contributed by atoms with Crippen molar-refractivity contribution in [3.63, 3.8) is 0 Å².